The fraction of sp³-hybridized carbons (Fsp3) is 0.727. The van der Waals surface area contributed by atoms with Crippen molar-refractivity contribution < 1.29 is 0 Å². The van der Waals surface area contributed by atoms with Crippen LogP contribution in [0.2, 0.25) is 0 Å². The number of rotatable bonds is 2. The van der Waals surface area contributed by atoms with Gasteiger partial charge in [0.1, 0.15) is 0 Å². The quantitative estimate of drug-likeness (QED) is 0.841. The van der Waals surface area contributed by atoms with Crippen LogP contribution in [0.4, 0.5) is 0 Å². The van der Waals surface area contributed by atoms with Crippen LogP contribution < -0.4 is 5.32 Å². The van der Waals surface area contributed by atoms with Crippen LogP contribution in [0.5, 0.6) is 0 Å². The third-order valence-corrected chi connectivity index (χ3v) is 3.35. The number of halogens is 1. The molecule has 1 aliphatic heterocycles. The summed E-state index contributed by atoms with van der Waals surface area (Å²) in [4.78, 5) is 2.51. The van der Waals surface area contributed by atoms with Gasteiger partial charge < -0.3 is 5.32 Å². The Morgan fingerprint density at radius 1 is 1.56 bits per heavy atom. The maximum Gasteiger partial charge on any atom is 0.0537 e. The van der Waals surface area contributed by atoms with Crippen LogP contribution in [-0.4, -0.2) is 40.4 Å². The normalized spacial score (nSPS) is 21.8. The van der Waals surface area contributed by atoms with Crippen LogP contribution in [-0.2, 0) is 13.6 Å². The van der Waals surface area contributed by atoms with Gasteiger partial charge in [0, 0.05) is 50.5 Å². The average molecular weight is 245 g/mol. The number of piperazine rings is 1. The number of nitrogens with zero attached hydrogens (tertiary/aromatic N) is 3. The van der Waals surface area contributed by atoms with Gasteiger partial charge in [-0.1, -0.05) is 0 Å². The van der Waals surface area contributed by atoms with Crippen molar-refractivity contribution in [1.82, 2.24) is 20.0 Å². The fourth-order valence-corrected chi connectivity index (χ4v) is 2.04. The van der Waals surface area contributed by atoms with E-state index in [1.807, 2.05) is 17.9 Å². The van der Waals surface area contributed by atoms with E-state index in [1.54, 1.807) is 0 Å². The summed E-state index contributed by atoms with van der Waals surface area (Å²) in [6.07, 6.45) is 1.99. The van der Waals surface area contributed by atoms with Crippen LogP contribution in [0.1, 0.15) is 18.2 Å². The number of hydrogen-bond donors (Lipinski definition) is 1. The standard InChI is InChI=1S/C11H20N4.ClH/c1-9-6-12-4-5-15(9)8-11-7-13-14(3)10(11)2;/h7,9,12H,4-6,8H2,1-3H3;1H/t9-;/m1./s1. The first kappa shape index (κ1) is 13.5. The molecule has 1 aliphatic rings. The maximum atomic E-state index is 4.28. The zero-order valence-corrected chi connectivity index (χ0v) is 11.0. The lowest BCUT2D eigenvalue weighted by molar-refractivity contribution is 0.165. The monoisotopic (exact) mass is 244 g/mol. The molecule has 2 rings (SSSR count). The number of aryl methyl sites for hydroxylation is 1. The van der Waals surface area contributed by atoms with Crippen LogP contribution in [0, 0.1) is 6.92 Å². The lowest BCUT2D eigenvalue weighted by Gasteiger charge is -2.33. The van der Waals surface area contributed by atoms with E-state index in [1.165, 1.54) is 11.3 Å². The van der Waals surface area contributed by atoms with Gasteiger partial charge >= 0.3 is 0 Å². The predicted octanol–water partition coefficient (Wildman–Crippen LogP) is 0.944. The van der Waals surface area contributed by atoms with Gasteiger partial charge in [-0.15, -0.1) is 12.4 Å². The van der Waals surface area contributed by atoms with E-state index in [2.05, 4.69) is 29.2 Å². The third kappa shape index (κ3) is 2.75. The molecule has 1 atom stereocenters. The Labute approximate surface area is 103 Å². The molecule has 1 N–H and O–H groups in total. The molecule has 0 amide bonds. The van der Waals surface area contributed by atoms with Gasteiger partial charge in [0.15, 0.2) is 0 Å². The summed E-state index contributed by atoms with van der Waals surface area (Å²) >= 11 is 0. The maximum absolute atomic E-state index is 4.28. The summed E-state index contributed by atoms with van der Waals surface area (Å²) < 4.78 is 1.95. The Kier molecular flexibility index (Phi) is 4.77. The van der Waals surface area contributed by atoms with Crippen LogP contribution in [0.15, 0.2) is 6.20 Å². The first-order valence-corrected chi connectivity index (χ1v) is 5.60. The van der Waals surface area contributed by atoms with E-state index in [4.69, 9.17) is 0 Å². The molecule has 0 saturated carbocycles. The highest BCUT2D eigenvalue weighted by Gasteiger charge is 2.19. The molecule has 0 radical (unpaired) electrons. The molecule has 0 spiro atoms. The summed E-state index contributed by atoms with van der Waals surface area (Å²) in [5.41, 5.74) is 2.63. The Morgan fingerprint density at radius 2 is 2.31 bits per heavy atom. The first-order valence-electron chi connectivity index (χ1n) is 5.60. The lowest BCUT2D eigenvalue weighted by Crippen LogP contribution is -2.49. The van der Waals surface area contributed by atoms with Crippen molar-refractivity contribution in [3.05, 3.63) is 17.5 Å². The van der Waals surface area contributed by atoms with Crippen molar-refractivity contribution in [3.63, 3.8) is 0 Å². The number of aromatic nitrogens is 2. The molecule has 1 aromatic heterocycles. The Morgan fingerprint density at radius 3 is 2.88 bits per heavy atom. The summed E-state index contributed by atoms with van der Waals surface area (Å²) in [5, 5.41) is 7.69. The third-order valence-electron chi connectivity index (χ3n) is 3.35. The van der Waals surface area contributed by atoms with Crippen molar-refractivity contribution >= 4 is 12.4 Å². The van der Waals surface area contributed by atoms with Gasteiger partial charge in [0.25, 0.3) is 0 Å². The lowest BCUT2D eigenvalue weighted by atomic mass is 10.1. The summed E-state index contributed by atoms with van der Waals surface area (Å²) in [6, 6.07) is 0.623. The van der Waals surface area contributed by atoms with Gasteiger partial charge in [-0.2, -0.15) is 5.10 Å². The average Bonchev–Trinajstić information content (AvgIpc) is 2.53. The summed E-state index contributed by atoms with van der Waals surface area (Å²) in [7, 11) is 2.00. The molecule has 2 heterocycles. The van der Waals surface area contributed by atoms with Gasteiger partial charge in [-0.3, -0.25) is 9.58 Å². The largest absolute Gasteiger partial charge is 0.314 e. The van der Waals surface area contributed by atoms with Crippen LogP contribution >= 0.6 is 12.4 Å². The van der Waals surface area contributed by atoms with Crippen molar-refractivity contribution in [1.29, 1.82) is 0 Å². The topological polar surface area (TPSA) is 33.1 Å². The highest BCUT2D eigenvalue weighted by molar-refractivity contribution is 5.85. The van der Waals surface area contributed by atoms with Gasteiger partial charge in [-0.25, -0.2) is 0 Å². The SMILES string of the molecule is Cc1c(CN2CCNC[C@H]2C)cnn1C.Cl. The second-order valence-electron chi connectivity index (χ2n) is 4.40. The van der Waals surface area contributed by atoms with Crippen molar-refractivity contribution in [2.24, 2.45) is 7.05 Å². The minimum absolute atomic E-state index is 0. The van der Waals surface area contributed by atoms with E-state index >= 15 is 0 Å². The van der Waals surface area contributed by atoms with Crippen LogP contribution in [0.25, 0.3) is 0 Å². The Balaban J connectivity index is 0.00000128. The van der Waals surface area contributed by atoms with E-state index in [9.17, 15) is 0 Å². The van der Waals surface area contributed by atoms with Gasteiger partial charge in [0.2, 0.25) is 0 Å². The molecule has 0 unspecified atom stereocenters. The highest BCUT2D eigenvalue weighted by Crippen LogP contribution is 2.12. The zero-order chi connectivity index (χ0) is 10.8. The second-order valence-corrected chi connectivity index (χ2v) is 4.40. The summed E-state index contributed by atoms with van der Waals surface area (Å²) in [6.45, 7) is 8.77. The molecular weight excluding hydrogens is 224 g/mol. The van der Waals surface area contributed by atoms with Gasteiger partial charge in [0.05, 0.1) is 6.20 Å². The molecule has 0 aliphatic carbocycles. The molecule has 4 nitrogen and oxygen atoms in total. The first-order chi connectivity index (χ1) is 7.18. The van der Waals surface area contributed by atoms with E-state index < -0.39 is 0 Å². The highest BCUT2D eigenvalue weighted by atomic mass is 35.5. The molecular formula is C11H21ClN4. The molecule has 1 aromatic rings. The van der Waals surface area contributed by atoms with E-state index in [-0.39, 0.29) is 12.4 Å². The van der Waals surface area contributed by atoms with Gasteiger partial charge in [-0.05, 0) is 13.8 Å². The zero-order valence-electron chi connectivity index (χ0n) is 10.2. The van der Waals surface area contributed by atoms with E-state index in [0.29, 0.717) is 6.04 Å². The Hall–Kier alpha value is -0.580. The number of hydrogen-bond acceptors (Lipinski definition) is 3. The molecule has 0 aromatic carbocycles. The molecule has 16 heavy (non-hydrogen) atoms. The molecule has 0 bridgehead atoms. The molecule has 92 valence electrons. The van der Waals surface area contributed by atoms with Crippen molar-refractivity contribution in [2.45, 2.75) is 26.4 Å². The smallest absolute Gasteiger partial charge is 0.0537 e. The predicted molar refractivity (Wildman–Crippen MR) is 67.9 cm³/mol. The Bertz CT molecular complexity index is 337. The van der Waals surface area contributed by atoms with Crippen molar-refractivity contribution in [2.75, 3.05) is 19.6 Å². The van der Waals surface area contributed by atoms with Crippen LogP contribution in [0.3, 0.4) is 0 Å². The molecule has 5 heteroatoms. The van der Waals surface area contributed by atoms with Crippen molar-refractivity contribution in [3.8, 4) is 0 Å². The second kappa shape index (κ2) is 5.66. The fourth-order valence-electron chi connectivity index (χ4n) is 2.04. The molecule has 1 fully saturated rings. The minimum atomic E-state index is 0. The molecule has 1 saturated heterocycles. The minimum Gasteiger partial charge on any atom is -0.314 e. The summed E-state index contributed by atoms with van der Waals surface area (Å²) in [5.74, 6) is 0. The number of nitrogens with one attached hydrogen (secondary N) is 1. The van der Waals surface area contributed by atoms with E-state index in [0.717, 1.165) is 26.2 Å².